The number of hydrogen-bond acceptors (Lipinski definition) is 3. The monoisotopic (exact) mass is 379 g/mol. The summed E-state index contributed by atoms with van der Waals surface area (Å²) in [7, 11) is 0. The van der Waals surface area contributed by atoms with Gasteiger partial charge >= 0.3 is 0 Å². The predicted octanol–water partition coefficient (Wildman–Crippen LogP) is 6.16. The summed E-state index contributed by atoms with van der Waals surface area (Å²) in [6.45, 7) is 5.10. The third-order valence-electron chi connectivity index (χ3n) is 4.36. The second kappa shape index (κ2) is 8.85. The summed E-state index contributed by atoms with van der Waals surface area (Å²) in [6, 6.07) is 20.9. The maximum atomic E-state index is 12.8. The maximum Gasteiger partial charge on any atom is 0.194 e. The SMILES string of the molecule is CCOCc1ccccc1Nc1ccc(C(=O)c2ccccc2C)c(Cl)c1. The first-order valence-electron chi connectivity index (χ1n) is 8.92. The van der Waals surface area contributed by atoms with Gasteiger partial charge < -0.3 is 10.1 Å². The van der Waals surface area contributed by atoms with Crippen molar-refractivity contribution in [3.63, 3.8) is 0 Å². The van der Waals surface area contributed by atoms with Gasteiger partial charge in [0, 0.05) is 34.7 Å². The van der Waals surface area contributed by atoms with E-state index in [0.717, 1.165) is 22.5 Å². The number of aryl methyl sites for hydroxylation is 1. The third kappa shape index (κ3) is 4.57. The van der Waals surface area contributed by atoms with E-state index in [-0.39, 0.29) is 5.78 Å². The van der Waals surface area contributed by atoms with Crippen molar-refractivity contribution < 1.29 is 9.53 Å². The molecule has 0 unspecified atom stereocenters. The Balaban J connectivity index is 1.84. The lowest BCUT2D eigenvalue weighted by atomic mass is 9.99. The molecular weight excluding hydrogens is 358 g/mol. The van der Waals surface area contributed by atoms with E-state index in [9.17, 15) is 4.79 Å². The number of nitrogens with one attached hydrogen (secondary N) is 1. The van der Waals surface area contributed by atoms with Crippen LogP contribution in [0, 0.1) is 6.92 Å². The zero-order chi connectivity index (χ0) is 19.2. The van der Waals surface area contributed by atoms with Crippen LogP contribution in [-0.2, 0) is 11.3 Å². The van der Waals surface area contributed by atoms with Crippen molar-refractivity contribution in [1.82, 2.24) is 0 Å². The molecule has 1 N–H and O–H groups in total. The summed E-state index contributed by atoms with van der Waals surface area (Å²) >= 11 is 6.43. The van der Waals surface area contributed by atoms with Crippen molar-refractivity contribution in [2.75, 3.05) is 11.9 Å². The van der Waals surface area contributed by atoms with Gasteiger partial charge in [0.2, 0.25) is 0 Å². The number of hydrogen-bond donors (Lipinski definition) is 1. The highest BCUT2D eigenvalue weighted by Crippen LogP contribution is 2.28. The minimum Gasteiger partial charge on any atom is -0.377 e. The van der Waals surface area contributed by atoms with E-state index < -0.39 is 0 Å². The van der Waals surface area contributed by atoms with Crippen molar-refractivity contribution in [2.45, 2.75) is 20.5 Å². The summed E-state index contributed by atoms with van der Waals surface area (Å²) in [6.07, 6.45) is 0. The lowest BCUT2D eigenvalue weighted by Gasteiger charge is -2.13. The van der Waals surface area contributed by atoms with E-state index in [1.807, 2.05) is 68.4 Å². The molecule has 0 saturated heterocycles. The van der Waals surface area contributed by atoms with Gasteiger partial charge in [0.25, 0.3) is 0 Å². The minimum absolute atomic E-state index is 0.0682. The Morgan fingerprint density at radius 2 is 1.74 bits per heavy atom. The molecule has 138 valence electrons. The standard InChI is InChI=1S/C23H22ClNO2/c1-3-27-15-17-9-5-7-11-22(17)25-18-12-13-20(21(24)14-18)23(26)19-10-6-4-8-16(19)2/h4-14,25H,3,15H2,1-2H3. The first kappa shape index (κ1) is 19.2. The molecule has 0 fully saturated rings. The van der Waals surface area contributed by atoms with Crippen LogP contribution < -0.4 is 5.32 Å². The highest BCUT2D eigenvalue weighted by molar-refractivity contribution is 6.35. The van der Waals surface area contributed by atoms with Crippen LogP contribution in [0.15, 0.2) is 66.7 Å². The highest BCUT2D eigenvalue weighted by atomic mass is 35.5. The second-order valence-corrected chi connectivity index (χ2v) is 6.67. The van der Waals surface area contributed by atoms with Gasteiger partial charge in [-0.1, -0.05) is 54.1 Å². The van der Waals surface area contributed by atoms with Crippen LogP contribution in [-0.4, -0.2) is 12.4 Å². The van der Waals surface area contributed by atoms with Gasteiger partial charge in [-0.05, 0) is 43.7 Å². The number of carbonyl (C=O) groups is 1. The van der Waals surface area contributed by atoms with E-state index in [4.69, 9.17) is 16.3 Å². The Morgan fingerprint density at radius 1 is 1.00 bits per heavy atom. The van der Waals surface area contributed by atoms with Crippen molar-refractivity contribution in [3.8, 4) is 0 Å². The number of para-hydroxylation sites is 1. The van der Waals surface area contributed by atoms with E-state index in [1.165, 1.54) is 0 Å². The smallest absolute Gasteiger partial charge is 0.194 e. The van der Waals surface area contributed by atoms with Gasteiger partial charge in [-0.2, -0.15) is 0 Å². The molecule has 3 rings (SSSR count). The van der Waals surface area contributed by atoms with Crippen LogP contribution in [0.3, 0.4) is 0 Å². The fourth-order valence-corrected chi connectivity index (χ4v) is 3.15. The molecule has 3 aromatic rings. The van der Waals surface area contributed by atoms with Gasteiger partial charge in [0.15, 0.2) is 5.78 Å². The number of anilines is 2. The molecule has 0 aliphatic carbocycles. The molecule has 4 heteroatoms. The fraction of sp³-hybridized carbons (Fsp3) is 0.174. The minimum atomic E-state index is -0.0682. The second-order valence-electron chi connectivity index (χ2n) is 6.26. The van der Waals surface area contributed by atoms with Crippen LogP contribution in [0.1, 0.15) is 34.0 Å². The summed E-state index contributed by atoms with van der Waals surface area (Å²) in [5.74, 6) is -0.0682. The summed E-state index contributed by atoms with van der Waals surface area (Å²) in [5, 5.41) is 3.79. The van der Waals surface area contributed by atoms with Crippen LogP contribution in [0.5, 0.6) is 0 Å². The Hall–Kier alpha value is -2.62. The molecule has 0 saturated carbocycles. The van der Waals surface area contributed by atoms with Gasteiger partial charge in [0.05, 0.1) is 11.6 Å². The topological polar surface area (TPSA) is 38.3 Å². The molecule has 0 aliphatic rings. The largest absolute Gasteiger partial charge is 0.377 e. The van der Waals surface area contributed by atoms with E-state index >= 15 is 0 Å². The molecule has 0 aliphatic heterocycles. The Labute approximate surface area is 164 Å². The Kier molecular flexibility index (Phi) is 6.28. The van der Waals surface area contributed by atoms with Gasteiger partial charge in [0.1, 0.15) is 0 Å². The van der Waals surface area contributed by atoms with Crippen molar-refractivity contribution in [1.29, 1.82) is 0 Å². The summed E-state index contributed by atoms with van der Waals surface area (Å²) < 4.78 is 5.52. The lowest BCUT2D eigenvalue weighted by molar-refractivity contribution is 0.103. The molecule has 3 aromatic carbocycles. The van der Waals surface area contributed by atoms with Crippen LogP contribution in [0.4, 0.5) is 11.4 Å². The molecule has 0 atom stereocenters. The Morgan fingerprint density at radius 3 is 2.48 bits per heavy atom. The molecule has 0 radical (unpaired) electrons. The quantitative estimate of drug-likeness (QED) is 0.499. The zero-order valence-electron chi connectivity index (χ0n) is 15.5. The lowest BCUT2D eigenvalue weighted by Crippen LogP contribution is -2.05. The maximum absolute atomic E-state index is 12.8. The van der Waals surface area contributed by atoms with Crippen molar-refractivity contribution >= 4 is 28.8 Å². The number of ether oxygens (including phenoxy) is 1. The highest BCUT2D eigenvalue weighted by Gasteiger charge is 2.15. The number of rotatable bonds is 7. The van der Waals surface area contributed by atoms with E-state index in [0.29, 0.717) is 29.4 Å². The molecule has 0 amide bonds. The first-order valence-corrected chi connectivity index (χ1v) is 9.30. The molecule has 0 bridgehead atoms. The van der Waals surface area contributed by atoms with E-state index in [2.05, 4.69) is 5.32 Å². The van der Waals surface area contributed by atoms with Crippen molar-refractivity contribution in [3.05, 3.63) is 94.0 Å². The first-order chi connectivity index (χ1) is 13.1. The van der Waals surface area contributed by atoms with Gasteiger partial charge in [-0.15, -0.1) is 0 Å². The zero-order valence-corrected chi connectivity index (χ0v) is 16.2. The normalized spacial score (nSPS) is 10.6. The summed E-state index contributed by atoms with van der Waals surface area (Å²) in [4.78, 5) is 12.8. The molecule has 0 heterocycles. The molecular formula is C23H22ClNO2. The van der Waals surface area contributed by atoms with E-state index in [1.54, 1.807) is 12.1 Å². The van der Waals surface area contributed by atoms with Crippen molar-refractivity contribution in [2.24, 2.45) is 0 Å². The number of benzene rings is 3. The van der Waals surface area contributed by atoms with Gasteiger partial charge in [-0.25, -0.2) is 0 Å². The Bertz CT molecular complexity index is 953. The van der Waals surface area contributed by atoms with Crippen LogP contribution >= 0.6 is 11.6 Å². The van der Waals surface area contributed by atoms with Gasteiger partial charge in [-0.3, -0.25) is 4.79 Å². The molecule has 0 spiro atoms. The number of carbonyl (C=O) groups excluding carboxylic acids is 1. The predicted molar refractivity (Wildman–Crippen MR) is 111 cm³/mol. The average Bonchev–Trinajstić information content (AvgIpc) is 2.67. The molecule has 0 aromatic heterocycles. The molecule has 3 nitrogen and oxygen atoms in total. The fourth-order valence-electron chi connectivity index (χ4n) is 2.89. The van der Waals surface area contributed by atoms with Crippen LogP contribution in [0.2, 0.25) is 5.02 Å². The third-order valence-corrected chi connectivity index (χ3v) is 4.67. The average molecular weight is 380 g/mol. The number of halogens is 1. The summed E-state index contributed by atoms with van der Waals surface area (Å²) in [5.41, 5.74) is 4.95. The molecule has 27 heavy (non-hydrogen) atoms. The number of ketones is 1. The van der Waals surface area contributed by atoms with Crippen LogP contribution in [0.25, 0.3) is 0 Å².